The van der Waals surface area contributed by atoms with Crippen LogP contribution >= 0.6 is 0 Å². The fourth-order valence-corrected chi connectivity index (χ4v) is 8.82. The highest BCUT2D eigenvalue weighted by Crippen LogP contribution is 2.42. The van der Waals surface area contributed by atoms with Gasteiger partial charge in [-0.15, -0.1) is 0 Å². The van der Waals surface area contributed by atoms with Gasteiger partial charge in [-0.3, -0.25) is 19.2 Å². The van der Waals surface area contributed by atoms with Crippen LogP contribution in [0.3, 0.4) is 0 Å². The fraction of sp³-hybridized carbons (Fsp3) is 0.512. The maximum Gasteiger partial charge on any atom is 0.245 e. The molecule has 9 atom stereocenters. The van der Waals surface area contributed by atoms with E-state index in [0.29, 0.717) is 58.4 Å². The van der Waals surface area contributed by atoms with Crippen LogP contribution in [0, 0.1) is 23.5 Å². The Kier molecular flexibility index (Phi) is 12.2. The highest BCUT2D eigenvalue weighted by atomic mass is 19.1. The summed E-state index contributed by atoms with van der Waals surface area (Å²) in [4.78, 5) is 65.7. The van der Waals surface area contributed by atoms with Crippen LogP contribution in [-0.2, 0) is 32.1 Å². The van der Waals surface area contributed by atoms with Crippen molar-refractivity contribution >= 4 is 45.6 Å². The van der Waals surface area contributed by atoms with Gasteiger partial charge in [-0.1, -0.05) is 26.0 Å². The van der Waals surface area contributed by atoms with Gasteiger partial charge in [0.2, 0.25) is 23.6 Å². The summed E-state index contributed by atoms with van der Waals surface area (Å²) in [6.45, 7) is 7.64. The Bertz CT molecular complexity index is 2270. The van der Waals surface area contributed by atoms with Crippen molar-refractivity contribution in [1.82, 2.24) is 45.6 Å². The van der Waals surface area contributed by atoms with E-state index >= 15 is 4.39 Å². The van der Waals surface area contributed by atoms with Crippen molar-refractivity contribution in [2.24, 2.45) is 11.8 Å². The first-order valence-electron chi connectivity index (χ1n) is 20.6. The van der Waals surface area contributed by atoms with E-state index in [9.17, 15) is 28.0 Å². The predicted octanol–water partition coefficient (Wildman–Crippen LogP) is 3.96. The van der Waals surface area contributed by atoms with Crippen molar-refractivity contribution < 1.29 is 32.3 Å². The second-order valence-electron chi connectivity index (χ2n) is 16.2. The Labute approximate surface area is 341 Å². The number of carbonyl (C=O) groups excluding carboxylic acids is 4. The lowest BCUT2D eigenvalue weighted by molar-refractivity contribution is -0.138. The van der Waals surface area contributed by atoms with Crippen molar-refractivity contribution in [2.75, 3.05) is 27.2 Å². The van der Waals surface area contributed by atoms with Crippen molar-refractivity contribution in [3.8, 4) is 11.5 Å². The molecule has 2 fully saturated rings. The molecule has 0 spiro atoms. The Morgan fingerprint density at radius 2 is 1.49 bits per heavy atom. The number of carbonyl (C=O) groups is 4. The summed E-state index contributed by atoms with van der Waals surface area (Å²) in [6, 6.07) is 5.09. The zero-order valence-corrected chi connectivity index (χ0v) is 34.3. The second-order valence-corrected chi connectivity index (χ2v) is 16.2. The summed E-state index contributed by atoms with van der Waals surface area (Å²) in [5, 5.41) is 12.2. The van der Waals surface area contributed by atoms with E-state index in [2.05, 4.69) is 38.4 Å². The summed E-state index contributed by atoms with van der Waals surface area (Å²) < 4.78 is 47.0. The van der Waals surface area contributed by atoms with E-state index in [1.54, 1.807) is 47.0 Å². The second kappa shape index (κ2) is 17.2. The molecule has 7 rings (SSSR count). The number of nitrogens with zero attached hydrogens (tertiary/aromatic N) is 4. The quantitative estimate of drug-likeness (QED) is 0.114. The molecule has 0 saturated carbocycles. The summed E-state index contributed by atoms with van der Waals surface area (Å²) in [7, 11) is 3.33. The van der Waals surface area contributed by atoms with Crippen molar-refractivity contribution in [3.63, 3.8) is 0 Å². The van der Waals surface area contributed by atoms with Gasteiger partial charge in [-0.05, 0) is 83.1 Å². The number of likely N-dealkylation sites (tertiary alicyclic amines) is 2. The molecule has 2 aliphatic heterocycles. The molecule has 1 aliphatic carbocycles. The average molecular weight is 818 g/mol. The molecular formula is C43H54F3N9O4. The molecule has 16 heteroatoms. The highest BCUT2D eigenvalue weighted by Gasteiger charge is 2.47. The molecule has 4 amide bonds. The Hall–Kier alpha value is -5.22. The molecule has 0 bridgehead atoms. The van der Waals surface area contributed by atoms with E-state index < -0.39 is 48.0 Å². The van der Waals surface area contributed by atoms with Gasteiger partial charge < -0.3 is 40.6 Å². The molecule has 3 aliphatic rings. The molecule has 2 aromatic carbocycles. The third-order valence-electron chi connectivity index (χ3n) is 12.6. The first kappa shape index (κ1) is 41.9. The largest absolute Gasteiger partial charge is 0.352 e. The molecular weight excluding hydrogens is 764 g/mol. The number of benzene rings is 2. The van der Waals surface area contributed by atoms with Gasteiger partial charge in [0.1, 0.15) is 29.9 Å². The van der Waals surface area contributed by atoms with Crippen LogP contribution in [0.2, 0.25) is 0 Å². The highest BCUT2D eigenvalue weighted by molar-refractivity contribution is 5.93. The Morgan fingerprint density at radius 1 is 0.864 bits per heavy atom. The number of rotatable bonds is 15. The third-order valence-corrected chi connectivity index (χ3v) is 12.6. The van der Waals surface area contributed by atoms with Gasteiger partial charge in [0.05, 0.1) is 41.4 Å². The van der Waals surface area contributed by atoms with Gasteiger partial charge in [-0.25, -0.2) is 18.2 Å². The maximum absolute atomic E-state index is 15.4. The molecule has 59 heavy (non-hydrogen) atoms. The Morgan fingerprint density at radius 3 is 2.10 bits per heavy atom. The number of nitrogens with one attached hydrogen (secondary N) is 5. The minimum Gasteiger partial charge on any atom is -0.352 e. The van der Waals surface area contributed by atoms with Crippen LogP contribution in [0.5, 0.6) is 0 Å². The molecule has 5 N–H and O–H groups in total. The number of imidazole rings is 1. The van der Waals surface area contributed by atoms with Gasteiger partial charge >= 0.3 is 0 Å². The number of aromatic amines is 1. The van der Waals surface area contributed by atoms with Crippen LogP contribution in [-0.4, -0.2) is 118 Å². The normalized spacial score (nSPS) is 23.2. The molecule has 0 radical (unpaired) electrons. The molecule has 2 aromatic heterocycles. The lowest BCUT2D eigenvalue weighted by Gasteiger charge is -2.32. The van der Waals surface area contributed by atoms with E-state index in [1.165, 1.54) is 29.2 Å². The van der Waals surface area contributed by atoms with Gasteiger partial charge in [0.25, 0.3) is 0 Å². The third kappa shape index (κ3) is 8.08. The number of fused-ring (bicyclic) bond motifs is 3. The van der Waals surface area contributed by atoms with Crippen molar-refractivity contribution in [2.45, 2.75) is 102 Å². The number of likely N-dealkylation sites (N-methyl/N-ethyl adjacent to an activating group) is 2. The summed E-state index contributed by atoms with van der Waals surface area (Å²) in [6.07, 6.45) is 3.79. The number of alkyl halides is 1. The van der Waals surface area contributed by atoms with Crippen LogP contribution in [0.1, 0.15) is 52.5 Å². The lowest BCUT2D eigenvalue weighted by atomic mass is 9.81. The first-order valence-corrected chi connectivity index (χ1v) is 20.6. The fourth-order valence-electron chi connectivity index (χ4n) is 8.82. The number of halogens is 3. The van der Waals surface area contributed by atoms with E-state index in [0.717, 1.165) is 0 Å². The van der Waals surface area contributed by atoms with Crippen molar-refractivity contribution in [3.05, 3.63) is 65.7 Å². The number of aromatic nitrogens is 3. The van der Waals surface area contributed by atoms with Crippen LogP contribution < -0.4 is 21.3 Å². The summed E-state index contributed by atoms with van der Waals surface area (Å²) in [5.41, 5.74) is 2.60. The average Bonchev–Trinajstić information content (AvgIpc) is 3.94. The molecule has 2 saturated heterocycles. The SMILES string of the molecule is CC[C@H](NC(=O)[C@H](C)NC)C(=O)N1C[C@@H](F)C[C@H]1Cc1c(-c2nc3cc(F)ccc3n2C[C@@H]2[C@H]3C=C[C@H]3CN2C(=O)[C@H](CC)NC(=O)[C@H](C)NC)[nH]c2cc(F)ccc12. The molecule has 4 aromatic rings. The summed E-state index contributed by atoms with van der Waals surface area (Å²) in [5.74, 6) is -1.62. The van der Waals surface area contributed by atoms with Crippen molar-refractivity contribution in [1.29, 1.82) is 0 Å². The molecule has 316 valence electrons. The van der Waals surface area contributed by atoms with E-state index in [1.807, 2.05) is 16.4 Å². The van der Waals surface area contributed by atoms with Gasteiger partial charge in [0.15, 0.2) is 5.82 Å². The van der Waals surface area contributed by atoms with Crippen LogP contribution in [0.25, 0.3) is 33.5 Å². The number of amides is 4. The van der Waals surface area contributed by atoms with E-state index in [4.69, 9.17) is 4.98 Å². The number of H-pyrrole nitrogens is 1. The lowest BCUT2D eigenvalue weighted by Crippen LogP contribution is -2.54. The monoisotopic (exact) mass is 817 g/mol. The standard InChI is InChI=1S/C43H54F3N9O4/c1-7-32(51-40(56)22(3)47-5)42(58)53-20-27(46)15-28(53)18-31-30-13-10-25(44)16-34(30)49-38(31)39-50-35-17-26(45)11-14-36(35)54(39)21-37-29-12-9-24(29)19-55(37)43(59)33(8-2)52-41(57)23(4)48-6/h9-14,16-17,22-24,27-29,32-33,37,47-49H,7-8,15,18-21H2,1-6H3,(H,51,56)(H,52,57)/t22-,23-,24-,27-,28-,29-,32-,33-,37+/m0/s1. The summed E-state index contributed by atoms with van der Waals surface area (Å²) >= 11 is 0. The number of hydrogen-bond acceptors (Lipinski definition) is 7. The predicted molar refractivity (Wildman–Crippen MR) is 219 cm³/mol. The zero-order valence-electron chi connectivity index (χ0n) is 34.3. The molecule has 13 nitrogen and oxygen atoms in total. The minimum absolute atomic E-state index is 0.0214. The van der Waals surface area contributed by atoms with E-state index in [-0.39, 0.29) is 67.4 Å². The first-order chi connectivity index (χ1) is 28.3. The van der Waals surface area contributed by atoms with Crippen LogP contribution in [0.4, 0.5) is 13.2 Å². The van der Waals surface area contributed by atoms with Gasteiger partial charge in [0, 0.05) is 54.4 Å². The number of hydrogen-bond donors (Lipinski definition) is 5. The Balaban J connectivity index is 1.28. The zero-order chi connectivity index (χ0) is 42.3. The van der Waals surface area contributed by atoms with Gasteiger partial charge in [-0.2, -0.15) is 0 Å². The maximum atomic E-state index is 15.4. The molecule has 0 unspecified atom stereocenters. The topological polar surface area (TPSA) is 156 Å². The molecule has 4 heterocycles. The minimum atomic E-state index is -1.31. The smallest absolute Gasteiger partial charge is 0.245 e. The van der Waals surface area contributed by atoms with Crippen LogP contribution in [0.15, 0.2) is 48.6 Å².